The SMILES string of the molecule is CCCCC(CC)CO.[OH-].[OH-].[OH-].[Ti]. The molecule has 0 aromatic rings. The maximum Gasteiger partial charge on any atom is 0.0459 e. The fourth-order valence-electron chi connectivity index (χ4n) is 0.917. The van der Waals surface area contributed by atoms with Crippen LogP contribution < -0.4 is 0 Å². The van der Waals surface area contributed by atoms with Gasteiger partial charge in [0.05, 0.1) is 0 Å². The van der Waals surface area contributed by atoms with E-state index in [0.29, 0.717) is 12.5 Å². The molecule has 0 aliphatic heterocycles. The first kappa shape index (κ1) is 29.2. The standard InChI is InChI=1S/C8H18O.3H2O.Ti/c1-3-5-6-8(4-2)7-9;;;;/h8-9H,3-7H2,1-2H3;3*1H2;/p-3. The molecule has 5 heteroatoms. The molecule has 0 amide bonds. The van der Waals surface area contributed by atoms with Gasteiger partial charge in [-0.05, 0) is 12.3 Å². The molecular weight excluding hydrogens is 208 g/mol. The van der Waals surface area contributed by atoms with Crippen molar-refractivity contribution in [3.8, 4) is 0 Å². The smallest absolute Gasteiger partial charge is 0.0459 e. The summed E-state index contributed by atoms with van der Waals surface area (Å²) >= 11 is 0. The van der Waals surface area contributed by atoms with E-state index in [4.69, 9.17) is 5.11 Å². The van der Waals surface area contributed by atoms with Gasteiger partial charge in [-0.1, -0.05) is 33.1 Å². The normalized spacial score (nSPS) is 9.46. The Bertz CT molecular complexity index is 60.1. The van der Waals surface area contributed by atoms with E-state index in [0.717, 1.165) is 6.42 Å². The quantitative estimate of drug-likeness (QED) is 0.722. The minimum Gasteiger partial charge on any atom is -0.870 e. The number of rotatable bonds is 5. The van der Waals surface area contributed by atoms with E-state index in [1.807, 2.05) is 0 Å². The molecule has 0 saturated carbocycles. The van der Waals surface area contributed by atoms with E-state index >= 15 is 0 Å². The predicted octanol–water partition coefficient (Wildman–Crippen LogP) is 1.66. The van der Waals surface area contributed by atoms with Crippen molar-refractivity contribution in [2.24, 2.45) is 5.92 Å². The van der Waals surface area contributed by atoms with Crippen molar-refractivity contribution < 1.29 is 43.3 Å². The van der Waals surface area contributed by atoms with Crippen molar-refractivity contribution in [1.82, 2.24) is 0 Å². The van der Waals surface area contributed by atoms with Gasteiger partial charge in [0.2, 0.25) is 0 Å². The van der Waals surface area contributed by atoms with Crippen molar-refractivity contribution in [2.45, 2.75) is 39.5 Å². The van der Waals surface area contributed by atoms with Crippen LogP contribution in [0.4, 0.5) is 0 Å². The van der Waals surface area contributed by atoms with Gasteiger partial charge < -0.3 is 21.5 Å². The molecule has 0 spiro atoms. The molecule has 13 heavy (non-hydrogen) atoms. The van der Waals surface area contributed by atoms with E-state index in [9.17, 15) is 0 Å². The molecule has 1 atom stereocenters. The number of aliphatic hydroxyl groups is 1. The maximum atomic E-state index is 8.75. The third-order valence-corrected chi connectivity index (χ3v) is 1.80. The Morgan fingerprint density at radius 1 is 1.08 bits per heavy atom. The molecule has 0 rings (SSSR count). The summed E-state index contributed by atoms with van der Waals surface area (Å²) < 4.78 is 0. The van der Waals surface area contributed by atoms with Gasteiger partial charge in [0.25, 0.3) is 0 Å². The van der Waals surface area contributed by atoms with Crippen LogP contribution in [0.2, 0.25) is 0 Å². The van der Waals surface area contributed by atoms with Crippen molar-refractivity contribution in [3.63, 3.8) is 0 Å². The van der Waals surface area contributed by atoms with Gasteiger partial charge >= 0.3 is 0 Å². The van der Waals surface area contributed by atoms with Gasteiger partial charge in [-0.15, -0.1) is 0 Å². The summed E-state index contributed by atoms with van der Waals surface area (Å²) in [7, 11) is 0. The molecule has 0 saturated heterocycles. The first-order chi connectivity index (χ1) is 4.35. The van der Waals surface area contributed by atoms with Gasteiger partial charge in [-0.3, -0.25) is 0 Å². The van der Waals surface area contributed by atoms with Gasteiger partial charge in [0.1, 0.15) is 0 Å². The second-order valence-corrected chi connectivity index (χ2v) is 2.60. The molecule has 0 aromatic carbocycles. The summed E-state index contributed by atoms with van der Waals surface area (Å²) in [5, 5.41) is 8.75. The van der Waals surface area contributed by atoms with Crippen LogP contribution in [0, 0.1) is 5.92 Å². The summed E-state index contributed by atoms with van der Waals surface area (Å²) in [4.78, 5) is 0. The number of hydrogen-bond donors (Lipinski definition) is 1. The predicted molar refractivity (Wildman–Crippen MR) is 46.2 cm³/mol. The van der Waals surface area contributed by atoms with Crippen LogP contribution in [0.3, 0.4) is 0 Å². The minimum atomic E-state index is 0. The Morgan fingerprint density at radius 2 is 1.54 bits per heavy atom. The molecule has 0 aliphatic carbocycles. The van der Waals surface area contributed by atoms with E-state index in [-0.39, 0.29) is 38.1 Å². The van der Waals surface area contributed by atoms with Crippen molar-refractivity contribution in [1.29, 1.82) is 0 Å². The first-order valence-electron chi connectivity index (χ1n) is 3.96. The van der Waals surface area contributed by atoms with Crippen molar-refractivity contribution in [3.05, 3.63) is 0 Å². The minimum absolute atomic E-state index is 0. The van der Waals surface area contributed by atoms with Crippen LogP contribution >= 0.6 is 0 Å². The number of unbranched alkanes of at least 4 members (excludes halogenated alkanes) is 1. The Kier molecular flexibility index (Phi) is 51.4. The molecule has 0 radical (unpaired) electrons. The van der Waals surface area contributed by atoms with Crippen LogP contribution in [0.5, 0.6) is 0 Å². The summed E-state index contributed by atoms with van der Waals surface area (Å²) in [5.74, 6) is 0.560. The topological polar surface area (TPSA) is 110 Å². The molecule has 84 valence electrons. The molecule has 0 aromatic heterocycles. The first-order valence-corrected chi connectivity index (χ1v) is 3.96. The van der Waals surface area contributed by atoms with E-state index < -0.39 is 0 Å². The molecular formula is C8H21O4Ti-3. The van der Waals surface area contributed by atoms with Crippen LogP contribution in [0.1, 0.15) is 39.5 Å². The van der Waals surface area contributed by atoms with E-state index in [1.54, 1.807) is 0 Å². The summed E-state index contributed by atoms with van der Waals surface area (Å²) in [6.45, 7) is 4.69. The van der Waals surface area contributed by atoms with Crippen LogP contribution in [0.15, 0.2) is 0 Å². The molecule has 4 nitrogen and oxygen atoms in total. The Hall–Kier alpha value is 0.554. The van der Waals surface area contributed by atoms with E-state index in [2.05, 4.69) is 13.8 Å². The Balaban J connectivity index is -0.0000000533. The molecule has 0 bridgehead atoms. The van der Waals surface area contributed by atoms with Crippen LogP contribution in [-0.2, 0) is 21.7 Å². The Labute approximate surface area is 95.5 Å². The van der Waals surface area contributed by atoms with Gasteiger partial charge in [-0.2, -0.15) is 0 Å². The monoisotopic (exact) mass is 229 g/mol. The third kappa shape index (κ3) is 19.1. The van der Waals surface area contributed by atoms with Crippen molar-refractivity contribution >= 4 is 0 Å². The summed E-state index contributed by atoms with van der Waals surface area (Å²) in [6.07, 6.45) is 4.83. The molecule has 0 aliphatic rings. The number of hydrogen-bond acceptors (Lipinski definition) is 4. The largest absolute Gasteiger partial charge is 0.870 e. The average Bonchev–Trinajstić information content (AvgIpc) is 1.91. The zero-order chi connectivity index (χ0) is 7.11. The maximum absolute atomic E-state index is 8.75. The van der Waals surface area contributed by atoms with E-state index in [1.165, 1.54) is 19.3 Å². The van der Waals surface area contributed by atoms with Gasteiger partial charge in [0.15, 0.2) is 0 Å². The van der Waals surface area contributed by atoms with Gasteiger partial charge in [-0.25, -0.2) is 0 Å². The third-order valence-electron chi connectivity index (χ3n) is 1.80. The number of aliphatic hydroxyl groups excluding tert-OH is 1. The van der Waals surface area contributed by atoms with Gasteiger partial charge in [0, 0.05) is 28.3 Å². The average molecular weight is 229 g/mol. The summed E-state index contributed by atoms with van der Waals surface area (Å²) in [6, 6.07) is 0. The summed E-state index contributed by atoms with van der Waals surface area (Å²) in [5.41, 5.74) is 0. The molecule has 1 unspecified atom stereocenters. The fourth-order valence-corrected chi connectivity index (χ4v) is 0.917. The second-order valence-electron chi connectivity index (χ2n) is 2.60. The van der Waals surface area contributed by atoms with Crippen LogP contribution in [0.25, 0.3) is 0 Å². The van der Waals surface area contributed by atoms with Crippen molar-refractivity contribution in [2.75, 3.05) is 6.61 Å². The molecule has 0 fully saturated rings. The molecule has 0 heterocycles. The molecule has 4 N–H and O–H groups in total. The zero-order valence-corrected chi connectivity index (χ0v) is 9.96. The zero-order valence-electron chi connectivity index (χ0n) is 8.40. The fraction of sp³-hybridized carbons (Fsp3) is 1.00. The van der Waals surface area contributed by atoms with Crippen LogP contribution in [-0.4, -0.2) is 28.1 Å². The Morgan fingerprint density at radius 3 is 1.77 bits per heavy atom. The second kappa shape index (κ2) is 22.9.